The molecule has 4 aliphatic rings. The minimum atomic E-state index is -0.766. The molecule has 3 fully saturated rings. The number of carbonyl (C=O) groups excluding carboxylic acids is 4. The molecule has 2 amide bonds. The summed E-state index contributed by atoms with van der Waals surface area (Å²) < 4.78 is 0. The molecule has 0 aliphatic carbocycles. The van der Waals surface area contributed by atoms with Crippen molar-refractivity contribution in [3.63, 3.8) is 0 Å². The van der Waals surface area contributed by atoms with Crippen molar-refractivity contribution in [2.45, 2.75) is 62.9 Å². The first kappa shape index (κ1) is 19.5. The number of carbonyl (C=O) groups is 4. The van der Waals surface area contributed by atoms with Crippen LogP contribution in [0.5, 0.6) is 0 Å². The number of hydrogen-bond donors (Lipinski definition) is 2. The topological polar surface area (TPSA) is 98.8 Å². The monoisotopic (exact) mass is 410 g/mol. The second-order valence-corrected chi connectivity index (χ2v) is 8.77. The maximum Gasteiger partial charge on any atom is 0.243 e. The molecule has 3 saturated heterocycles. The highest BCUT2D eigenvalue weighted by Crippen LogP contribution is 2.40. The van der Waals surface area contributed by atoms with E-state index in [4.69, 9.17) is 0 Å². The number of piperazine rings is 1. The SMILES string of the molecule is O=CC(=O)C1c2c(CN3C4CCC3CNC4)cccc2CN1C1CCC(=O)NC1=O. The Balaban J connectivity index is 1.48. The molecule has 0 aromatic heterocycles. The highest BCUT2D eigenvalue weighted by Gasteiger charge is 2.45. The van der Waals surface area contributed by atoms with Crippen molar-refractivity contribution in [3.05, 3.63) is 34.9 Å². The molecule has 0 saturated carbocycles. The number of benzene rings is 1. The molecular formula is C22H26N4O4. The van der Waals surface area contributed by atoms with Crippen molar-refractivity contribution in [1.82, 2.24) is 20.4 Å². The molecule has 8 nitrogen and oxygen atoms in total. The Labute approximate surface area is 175 Å². The van der Waals surface area contributed by atoms with E-state index in [1.54, 1.807) is 4.90 Å². The molecule has 5 rings (SSSR count). The van der Waals surface area contributed by atoms with Gasteiger partial charge in [-0.1, -0.05) is 18.2 Å². The molecular weight excluding hydrogens is 384 g/mol. The van der Waals surface area contributed by atoms with Gasteiger partial charge in [0.2, 0.25) is 17.6 Å². The van der Waals surface area contributed by atoms with Crippen LogP contribution in [0.1, 0.15) is 48.4 Å². The fraction of sp³-hybridized carbons (Fsp3) is 0.545. The van der Waals surface area contributed by atoms with Gasteiger partial charge in [0.1, 0.15) is 6.04 Å². The first-order valence-corrected chi connectivity index (χ1v) is 10.7. The Morgan fingerprint density at radius 1 is 1.13 bits per heavy atom. The number of hydrogen-bond acceptors (Lipinski definition) is 7. The largest absolute Gasteiger partial charge is 0.314 e. The van der Waals surface area contributed by atoms with E-state index in [9.17, 15) is 19.2 Å². The van der Waals surface area contributed by atoms with E-state index >= 15 is 0 Å². The average molecular weight is 410 g/mol. The molecule has 4 unspecified atom stereocenters. The van der Waals surface area contributed by atoms with E-state index in [0.717, 1.165) is 36.3 Å². The Morgan fingerprint density at radius 3 is 2.60 bits per heavy atom. The standard InChI is InChI=1S/C22H26N4O4/c27-12-18(28)21-20-13(10-25-15-4-5-16(25)9-23-8-15)2-1-3-14(20)11-26(21)17-6-7-19(29)24-22(17)30/h1-3,12,15-17,21,23H,4-11H2,(H,24,29,30). The second-order valence-electron chi connectivity index (χ2n) is 8.77. The van der Waals surface area contributed by atoms with Crippen LogP contribution in [0.3, 0.4) is 0 Å². The predicted molar refractivity (Wildman–Crippen MR) is 107 cm³/mol. The lowest BCUT2D eigenvalue weighted by molar-refractivity contribution is -0.141. The summed E-state index contributed by atoms with van der Waals surface area (Å²) >= 11 is 0. The molecule has 0 radical (unpaired) electrons. The maximum atomic E-state index is 12.8. The van der Waals surface area contributed by atoms with Gasteiger partial charge in [-0.3, -0.25) is 34.3 Å². The number of rotatable bonds is 5. The predicted octanol–water partition coefficient (Wildman–Crippen LogP) is 0.0527. The molecule has 1 aromatic carbocycles. The molecule has 1 aromatic rings. The van der Waals surface area contributed by atoms with Gasteiger partial charge in [-0.25, -0.2) is 0 Å². The van der Waals surface area contributed by atoms with Crippen LogP contribution in [-0.2, 0) is 32.3 Å². The minimum absolute atomic E-state index is 0.238. The summed E-state index contributed by atoms with van der Waals surface area (Å²) in [6.45, 7) is 3.12. The summed E-state index contributed by atoms with van der Waals surface area (Å²) in [5, 5.41) is 5.86. The minimum Gasteiger partial charge on any atom is -0.314 e. The van der Waals surface area contributed by atoms with Crippen LogP contribution in [-0.4, -0.2) is 64.9 Å². The number of Topliss-reactive ketones (excluding diaryl/α,β-unsaturated/α-hetero) is 1. The van der Waals surface area contributed by atoms with Crippen LogP contribution in [0, 0.1) is 0 Å². The zero-order valence-corrected chi connectivity index (χ0v) is 16.8. The van der Waals surface area contributed by atoms with E-state index in [1.165, 1.54) is 12.8 Å². The number of nitrogens with zero attached hydrogens (tertiary/aromatic N) is 2. The molecule has 4 heterocycles. The van der Waals surface area contributed by atoms with Gasteiger partial charge >= 0.3 is 0 Å². The smallest absolute Gasteiger partial charge is 0.243 e. The number of piperidine rings is 1. The fourth-order valence-electron chi connectivity index (χ4n) is 5.73. The van der Waals surface area contributed by atoms with Gasteiger partial charge in [-0.05, 0) is 36.0 Å². The van der Waals surface area contributed by atoms with Crippen LogP contribution in [0.25, 0.3) is 0 Å². The molecule has 4 aliphatic heterocycles. The third kappa shape index (κ3) is 3.19. The summed E-state index contributed by atoms with van der Waals surface area (Å²) in [5.41, 5.74) is 2.92. The summed E-state index contributed by atoms with van der Waals surface area (Å²) in [4.78, 5) is 52.7. The van der Waals surface area contributed by atoms with Crippen LogP contribution >= 0.6 is 0 Å². The lowest BCUT2D eigenvalue weighted by Crippen LogP contribution is -2.53. The molecule has 2 N–H and O–H groups in total. The summed E-state index contributed by atoms with van der Waals surface area (Å²) in [6, 6.07) is 5.64. The van der Waals surface area contributed by atoms with Crippen molar-refractivity contribution < 1.29 is 19.2 Å². The Hall–Kier alpha value is -2.42. The van der Waals surface area contributed by atoms with Gasteiger partial charge in [0.05, 0.1) is 6.04 Å². The van der Waals surface area contributed by atoms with E-state index in [-0.39, 0.29) is 18.2 Å². The van der Waals surface area contributed by atoms with E-state index in [2.05, 4.69) is 15.5 Å². The lowest BCUT2D eigenvalue weighted by atomic mass is 9.94. The van der Waals surface area contributed by atoms with Gasteiger partial charge in [0.25, 0.3) is 0 Å². The third-order valence-electron chi connectivity index (χ3n) is 7.12. The number of ketones is 1. The average Bonchev–Trinajstić information content (AvgIpc) is 3.20. The fourth-order valence-corrected chi connectivity index (χ4v) is 5.73. The number of aldehydes is 1. The summed E-state index contributed by atoms with van der Waals surface area (Å²) in [6.07, 6.45) is 3.31. The number of amides is 2. The molecule has 4 atom stereocenters. The number of nitrogens with one attached hydrogen (secondary N) is 2. The molecule has 0 spiro atoms. The summed E-state index contributed by atoms with van der Waals surface area (Å²) in [5.74, 6) is -1.21. The zero-order valence-electron chi connectivity index (χ0n) is 16.8. The van der Waals surface area contributed by atoms with Crippen LogP contribution in [0.15, 0.2) is 18.2 Å². The second kappa shape index (κ2) is 7.68. The van der Waals surface area contributed by atoms with Crippen LogP contribution < -0.4 is 10.6 Å². The zero-order chi connectivity index (χ0) is 20.8. The molecule has 158 valence electrons. The van der Waals surface area contributed by atoms with Crippen molar-refractivity contribution in [3.8, 4) is 0 Å². The van der Waals surface area contributed by atoms with Gasteiger partial charge in [0.15, 0.2) is 6.29 Å². The molecule has 30 heavy (non-hydrogen) atoms. The van der Waals surface area contributed by atoms with Crippen molar-refractivity contribution in [2.24, 2.45) is 0 Å². The molecule has 8 heteroatoms. The van der Waals surface area contributed by atoms with Crippen molar-refractivity contribution in [1.29, 1.82) is 0 Å². The first-order valence-electron chi connectivity index (χ1n) is 10.7. The summed E-state index contributed by atoms with van der Waals surface area (Å²) in [7, 11) is 0. The van der Waals surface area contributed by atoms with E-state index in [1.807, 2.05) is 18.2 Å². The normalized spacial score (nSPS) is 31.5. The van der Waals surface area contributed by atoms with E-state index in [0.29, 0.717) is 31.3 Å². The first-order chi connectivity index (χ1) is 14.6. The molecule has 2 bridgehead atoms. The quantitative estimate of drug-likeness (QED) is 0.402. The third-order valence-corrected chi connectivity index (χ3v) is 7.12. The van der Waals surface area contributed by atoms with Gasteiger partial charge < -0.3 is 5.32 Å². The lowest BCUT2D eigenvalue weighted by Gasteiger charge is -2.36. The van der Waals surface area contributed by atoms with Crippen LogP contribution in [0.4, 0.5) is 0 Å². The van der Waals surface area contributed by atoms with Crippen LogP contribution in [0.2, 0.25) is 0 Å². The highest BCUT2D eigenvalue weighted by atomic mass is 16.2. The Bertz CT molecular complexity index is 900. The highest BCUT2D eigenvalue weighted by molar-refractivity contribution is 6.27. The number of imide groups is 1. The Kier molecular flexibility index (Phi) is 5.00. The van der Waals surface area contributed by atoms with Gasteiger partial charge in [-0.15, -0.1) is 0 Å². The Morgan fingerprint density at radius 2 is 1.90 bits per heavy atom. The van der Waals surface area contributed by atoms with Crippen molar-refractivity contribution in [2.75, 3.05) is 13.1 Å². The number of fused-ring (bicyclic) bond motifs is 3. The van der Waals surface area contributed by atoms with Gasteiger partial charge in [-0.2, -0.15) is 0 Å². The van der Waals surface area contributed by atoms with E-state index < -0.39 is 17.9 Å². The van der Waals surface area contributed by atoms with Crippen molar-refractivity contribution >= 4 is 23.9 Å². The maximum absolute atomic E-state index is 12.8. The van der Waals surface area contributed by atoms with Gasteiger partial charge in [0, 0.05) is 44.7 Å².